The summed E-state index contributed by atoms with van der Waals surface area (Å²) in [5, 5.41) is 0.0833. The van der Waals surface area contributed by atoms with E-state index in [4.69, 9.17) is 0 Å². The molecule has 1 aliphatic carbocycles. The molecule has 2 N–H and O–H groups in total. The number of primary amides is 1. The van der Waals surface area contributed by atoms with E-state index in [2.05, 4.69) is 5.73 Å². The highest BCUT2D eigenvalue weighted by molar-refractivity contribution is 5.71. The summed E-state index contributed by atoms with van der Waals surface area (Å²) in [7, 11) is 0. The van der Waals surface area contributed by atoms with Crippen LogP contribution in [0.5, 0.6) is 0 Å². The molecular formula is C4H7FN2O. The van der Waals surface area contributed by atoms with E-state index in [0.717, 1.165) is 12.8 Å². The minimum absolute atomic E-state index is 0.0833. The fraction of sp³-hybridized carbons (Fsp3) is 0.750. The van der Waals surface area contributed by atoms with Crippen LogP contribution in [0.1, 0.15) is 12.8 Å². The number of rotatable bonds is 1. The zero-order valence-electron chi connectivity index (χ0n) is 4.30. The quantitative estimate of drug-likeness (QED) is 0.498. The topological polar surface area (TPSA) is 46.3 Å². The predicted molar refractivity (Wildman–Crippen MR) is 25.6 cm³/mol. The van der Waals surface area contributed by atoms with Gasteiger partial charge < -0.3 is 5.73 Å². The van der Waals surface area contributed by atoms with Crippen LogP contribution in [0.2, 0.25) is 0 Å². The Morgan fingerprint density at radius 3 is 2.38 bits per heavy atom. The summed E-state index contributed by atoms with van der Waals surface area (Å²) < 4.78 is 12.1. The van der Waals surface area contributed by atoms with Crippen LogP contribution in [0, 0.1) is 0 Å². The molecule has 4 heteroatoms. The van der Waals surface area contributed by atoms with E-state index >= 15 is 0 Å². The van der Waals surface area contributed by atoms with Crippen molar-refractivity contribution in [1.82, 2.24) is 5.12 Å². The van der Waals surface area contributed by atoms with Gasteiger partial charge in [-0.2, -0.15) is 5.12 Å². The number of urea groups is 1. The third-order valence-corrected chi connectivity index (χ3v) is 1.08. The zero-order chi connectivity index (χ0) is 6.15. The summed E-state index contributed by atoms with van der Waals surface area (Å²) in [6.45, 7) is 0. The van der Waals surface area contributed by atoms with Gasteiger partial charge in [-0.1, -0.05) is 4.48 Å². The Morgan fingerprint density at radius 2 is 2.25 bits per heavy atom. The van der Waals surface area contributed by atoms with Crippen molar-refractivity contribution in [1.29, 1.82) is 0 Å². The van der Waals surface area contributed by atoms with Gasteiger partial charge in [-0.15, -0.1) is 0 Å². The highest BCUT2D eigenvalue weighted by Crippen LogP contribution is 2.26. The van der Waals surface area contributed by atoms with Crippen LogP contribution in [-0.2, 0) is 0 Å². The largest absolute Gasteiger partial charge is 0.350 e. The minimum Gasteiger partial charge on any atom is -0.350 e. The molecule has 0 atom stereocenters. The van der Waals surface area contributed by atoms with Gasteiger partial charge in [-0.05, 0) is 12.8 Å². The smallest absolute Gasteiger partial charge is 0.343 e. The maximum Gasteiger partial charge on any atom is 0.343 e. The molecule has 3 nitrogen and oxygen atoms in total. The molecule has 1 aliphatic rings. The Hall–Kier alpha value is -0.800. The molecule has 0 saturated heterocycles. The third kappa shape index (κ3) is 0.882. The number of halogens is 1. The molecule has 0 radical (unpaired) electrons. The Kier molecular flexibility index (Phi) is 1.08. The summed E-state index contributed by atoms with van der Waals surface area (Å²) in [6.07, 6.45) is 1.50. The zero-order valence-corrected chi connectivity index (χ0v) is 4.30. The first-order chi connectivity index (χ1) is 3.72. The van der Waals surface area contributed by atoms with E-state index in [-0.39, 0.29) is 11.2 Å². The number of hydrogen-bond donors (Lipinski definition) is 1. The highest BCUT2D eigenvalue weighted by Gasteiger charge is 2.31. The summed E-state index contributed by atoms with van der Waals surface area (Å²) >= 11 is 0. The van der Waals surface area contributed by atoms with Gasteiger partial charge in [0.1, 0.15) is 0 Å². The minimum atomic E-state index is -0.979. The fourth-order valence-corrected chi connectivity index (χ4v) is 0.481. The number of carbonyl (C=O) groups is 1. The van der Waals surface area contributed by atoms with Crippen molar-refractivity contribution in [3.05, 3.63) is 0 Å². The van der Waals surface area contributed by atoms with Crippen LogP contribution in [0.15, 0.2) is 0 Å². The monoisotopic (exact) mass is 118 g/mol. The van der Waals surface area contributed by atoms with Crippen molar-refractivity contribution in [2.75, 3.05) is 0 Å². The molecule has 46 valence electrons. The first kappa shape index (κ1) is 5.34. The lowest BCUT2D eigenvalue weighted by Crippen LogP contribution is -2.30. The molecule has 0 aromatic rings. The van der Waals surface area contributed by atoms with Gasteiger partial charge in [-0.3, -0.25) is 0 Å². The summed E-state index contributed by atoms with van der Waals surface area (Å²) in [4.78, 5) is 9.95. The lowest BCUT2D eigenvalue weighted by Gasteiger charge is -2.03. The van der Waals surface area contributed by atoms with Crippen molar-refractivity contribution >= 4 is 6.03 Å². The van der Waals surface area contributed by atoms with E-state index in [1.807, 2.05) is 0 Å². The van der Waals surface area contributed by atoms with Crippen molar-refractivity contribution in [2.45, 2.75) is 18.9 Å². The molecule has 0 aliphatic heterocycles. The van der Waals surface area contributed by atoms with Crippen LogP contribution < -0.4 is 5.73 Å². The third-order valence-electron chi connectivity index (χ3n) is 1.08. The SMILES string of the molecule is NC(=O)N(F)C1CC1. The molecule has 2 amide bonds. The van der Waals surface area contributed by atoms with Crippen LogP contribution >= 0.6 is 0 Å². The second-order valence-electron chi connectivity index (χ2n) is 1.88. The van der Waals surface area contributed by atoms with Gasteiger partial charge in [0.15, 0.2) is 0 Å². The molecule has 1 saturated carbocycles. The number of nitrogens with two attached hydrogens (primary N) is 1. The Labute approximate surface area is 46.2 Å². The van der Waals surface area contributed by atoms with Gasteiger partial charge in [0.2, 0.25) is 0 Å². The average molecular weight is 118 g/mol. The summed E-state index contributed by atoms with van der Waals surface area (Å²) in [5.41, 5.74) is 4.59. The average Bonchev–Trinajstić information content (AvgIpc) is 2.43. The highest BCUT2D eigenvalue weighted by atomic mass is 19.2. The van der Waals surface area contributed by atoms with Crippen molar-refractivity contribution in [3.8, 4) is 0 Å². The van der Waals surface area contributed by atoms with Gasteiger partial charge >= 0.3 is 6.03 Å². The summed E-state index contributed by atoms with van der Waals surface area (Å²) in [5.74, 6) is 0. The molecule has 0 aromatic carbocycles. The number of carbonyl (C=O) groups excluding carboxylic acids is 1. The van der Waals surface area contributed by atoms with E-state index in [0.29, 0.717) is 0 Å². The molecule has 1 fully saturated rings. The van der Waals surface area contributed by atoms with E-state index in [9.17, 15) is 9.28 Å². The Morgan fingerprint density at radius 1 is 1.75 bits per heavy atom. The normalized spacial score (nSPS) is 18.1. The maximum atomic E-state index is 12.1. The van der Waals surface area contributed by atoms with E-state index in [1.165, 1.54) is 0 Å². The molecular weight excluding hydrogens is 111 g/mol. The van der Waals surface area contributed by atoms with E-state index in [1.54, 1.807) is 0 Å². The number of hydrogen-bond acceptors (Lipinski definition) is 1. The number of amides is 2. The van der Waals surface area contributed by atoms with Gasteiger partial charge in [-0.25, -0.2) is 4.79 Å². The standard InChI is InChI=1S/C4H7FN2O/c5-7(4(6)8)3-1-2-3/h3H,1-2H2,(H2,6,8). The second-order valence-corrected chi connectivity index (χ2v) is 1.88. The van der Waals surface area contributed by atoms with Gasteiger partial charge in [0, 0.05) is 0 Å². The van der Waals surface area contributed by atoms with Crippen LogP contribution in [0.25, 0.3) is 0 Å². The molecule has 0 aromatic heterocycles. The molecule has 8 heavy (non-hydrogen) atoms. The molecule has 0 bridgehead atoms. The maximum absolute atomic E-state index is 12.1. The van der Waals surface area contributed by atoms with Gasteiger partial charge in [0.05, 0.1) is 6.04 Å². The van der Waals surface area contributed by atoms with Crippen LogP contribution in [0.4, 0.5) is 9.28 Å². The molecule has 1 rings (SSSR count). The van der Waals surface area contributed by atoms with Crippen LogP contribution in [-0.4, -0.2) is 17.2 Å². The second kappa shape index (κ2) is 1.61. The van der Waals surface area contributed by atoms with Crippen molar-refractivity contribution in [2.24, 2.45) is 5.73 Å². The fourth-order valence-electron chi connectivity index (χ4n) is 0.481. The summed E-state index contributed by atoms with van der Waals surface area (Å²) in [6, 6.07) is -1.19. The Bertz CT molecular complexity index is 113. The first-order valence-electron chi connectivity index (χ1n) is 2.46. The first-order valence-corrected chi connectivity index (χ1v) is 2.46. The van der Waals surface area contributed by atoms with Crippen LogP contribution in [0.3, 0.4) is 0 Å². The molecule has 0 spiro atoms. The molecule has 0 heterocycles. The predicted octanol–water partition coefficient (Wildman–Crippen LogP) is 0.414. The van der Waals surface area contributed by atoms with E-state index < -0.39 is 6.03 Å². The lowest BCUT2D eigenvalue weighted by molar-refractivity contribution is 0.0641. The lowest BCUT2D eigenvalue weighted by atomic mass is 10.7. The Balaban J connectivity index is 2.32. The van der Waals surface area contributed by atoms with Crippen molar-refractivity contribution in [3.63, 3.8) is 0 Å². The molecule has 0 unspecified atom stereocenters. The van der Waals surface area contributed by atoms with Gasteiger partial charge in [0.25, 0.3) is 0 Å². The number of nitrogens with zero attached hydrogens (tertiary/aromatic N) is 1. The van der Waals surface area contributed by atoms with Crippen molar-refractivity contribution < 1.29 is 9.28 Å².